The fourth-order valence-electron chi connectivity index (χ4n) is 1.72. The number of para-hydroxylation sites is 1. The van der Waals surface area contributed by atoms with Gasteiger partial charge < -0.3 is 10.0 Å². The third-order valence-corrected chi connectivity index (χ3v) is 2.74. The van der Waals surface area contributed by atoms with Crippen LogP contribution in [0.15, 0.2) is 24.3 Å². The summed E-state index contributed by atoms with van der Waals surface area (Å²) in [4.78, 5) is 23.9. The topological polar surface area (TPSA) is 57.6 Å². The molecule has 104 valence electrons. The third-order valence-electron chi connectivity index (χ3n) is 2.74. The predicted octanol–water partition coefficient (Wildman–Crippen LogP) is 2.82. The molecule has 0 bridgehead atoms. The van der Waals surface area contributed by atoms with Crippen LogP contribution >= 0.6 is 0 Å². The van der Waals surface area contributed by atoms with E-state index in [2.05, 4.69) is 0 Å². The van der Waals surface area contributed by atoms with Crippen LogP contribution in [0.4, 0.5) is 10.1 Å². The average Bonchev–Trinajstić information content (AvgIpc) is 2.38. The number of unbranched alkanes of at least 4 members (excludes halogenated alkanes) is 1. The third kappa shape index (κ3) is 4.69. The Morgan fingerprint density at radius 2 is 1.95 bits per heavy atom. The monoisotopic (exact) mass is 267 g/mol. The van der Waals surface area contributed by atoms with Crippen molar-refractivity contribution in [3.8, 4) is 0 Å². The van der Waals surface area contributed by atoms with E-state index in [1.54, 1.807) is 6.07 Å². The molecule has 19 heavy (non-hydrogen) atoms. The van der Waals surface area contributed by atoms with Gasteiger partial charge in [0.2, 0.25) is 5.91 Å². The van der Waals surface area contributed by atoms with Gasteiger partial charge in [0, 0.05) is 13.0 Å². The molecule has 1 N–H and O–H groups in total. The average molecular weight is 267 g/mol. The molecule has 0 unspecified atom stereocenters. The largest absolute Gasteiger partial charge is 0.481 e. The summed E-state index contributed by atoms with van der Waals surface area (Å²) in [5, 5.41) is 8.70. The maximum Gasteiger partial charge on any atom is 0.305 e. The summed E-state index contributed by atoms with van der Waals surface area (Å²) in [6.07, 6.45) is 1.66. The standard InChI is InChI=1S/C14H18FNO3/c1-2-3-8-13(17)16(10-9-14(18)19)12-7-5-4-6-11(12)15/h4-7H,2-3,8-10H2,1H3,(H,18,19). The number of hydrogen-bond acceptors (Lipinski definition) is 2. The van der Waals surface area contributed by atoms with Crippen molar-refractivity contribution in [3.05, 3.63) is 30.1 Å². The van der Waals surface area contributed by atoms with Crippen LogP contribution in [0.2, 0.25) is 0 Å². The first-order valence-corrected chi connectivity index (χ1v) is 6.33. The molecule has 4 nitrogen and oxygen atoms in total. The number of carbonyl (C=O) groups excluding carboxylic acids is 1. The van der Waals surface area contributed by atoms with Crippen LogP contribution in [0.1, 0.15) is 32.6 Å². The Bertz CT molecular complexity index is 448. The summed E-state index contributed by atoms with van der Waals surface area (Å²) in [6, 6.07) is 5.90. The first-order valence-electron chi connectivity index (χ1n) is 6.33. The molecule has 0 aliphatic heterocycles. The smallest absolute Gasteiger partial charge is 0.305 e. The van der Waals surface area contributed by atoms with Crippen LogP contribution in [0, 0.1) is 5.82 Å². The molecule has 1 rings (SSSR count). The van der Waals surface area contributed by atoms with Gasteiger partial charge in [-0.05, 0) is 18.6 Å². The maximum atomic E-state index is 13.7. The fourth-order valence-corrected chi connectivity index (χ4v) is 1.72. The molecule has 5 heteroatoms. The van der Waals surface area contributed by atoms with Crippen molar-refractivity contribution < 1.29 is 19.1 Å². The number of benzene rings is 1. The lowest BCUT2D eigenvalue weighted by Gasteiger charge is -2.22. The van der Waals surface area contributed by atoms with Gasteiger partial charge in [0.05, 0.1) is 12.1 Å². The van der Waals surface area contributed by atoms with E-state index in [0.29, 0.717) is 12.8 Å². The second kappa shape index (κ2) is 7.51. The van der Waals surface area contributed by atoms with E-state index in [9.17, 15) is 14.0 Å². The first kappa shape index (κ1) is 15.1. The Labute approximate surface area is 111 Å². The SMILES string of the molecule is CCCCC(=O)N(CCC(=O)O)c1ccccc1F. The Balaban J connectivity index is 2.88. The second-order valence-corrected chi connectivity index (χ2v) is 4.24. The van der Waals surface area contributed by atoms with Crippen molar-refractivity contribution in [2.24, 2.45) is 0 Å². The van der Waals surface area contributed by atoms with E-state index >= 15 is 0 Å². The van der Waals surface area contributed by atoms with Gasteiger partial charge in [-0.3, -0.25) is 9.59 Å². The Morgan fingerprint density at radius 1 is 1.26 bits per heavy atom. The highest BCUT2D eigenvalue weighted by molar-refractivity contribution is 5.93. The Hall–Kier alpha value is -1.91. The van der Waals surface area contributed by atoms with Crippen LogP contribution in [-0.2, 0) is 9.59 Å². The lowest BCUT2D eigenvalue weighted by Crippen LogP contribution is -2.33. The van der Waals surface area contributed by atoms with E-state index in [4.69, 9.17) is 5.11 Å². The van der Waals surface area contributed by atoms with Gasteiger partial charge in [0.15, 0.2) is 0 Å². The number of halogens is 1. The number of hydrogen-bond donors (Lipinski definition) is 1. The number of carboxylic acids is 1. The van der Waals surface area contributed by atoms with E-state index in [1.165, 1.54) is 23.1 Å². The Kier molecular flexibility index (Phi) is 5.99. The first-order chi connectivity index (χ1) is 9.06. The van der Waals surface area contributed by atoms with Gasteiger partial charge in [-0.15, -0.1) is 0 Å². The maximum absolute atomic E-state index is 13.7. The number of carbonyl (C=O) groups is 2. The molecule has 0 fully saturated rings. The summed E-state index contributed by atoms with van der Waals surface area (Å²) in [7, 11) is 0. The molecule has 1 aromatic carbocycles. The number of anilines is 1. The number of amides is 1. The highest BCUT2D eigenvalue weighted by Crippen LogP contribution is 2.20. The van der Waals surface area contributed by atoms with Gasteiger partial charge >= 0.3 is 5.97 Å². The molecule has 1 amide bonds. The molecule has 0 atom stereocenters. The van der Waals surface area contributed by atoms with Crippen LogP contribution in [0.3, 0.4) is 0 Å². The number of carboxylic acid groups (broad SMARTS) is 1. The molecule has 0 aliphatic rings. The fraction of sp³-hybridized carbons (Fsp3) is 0.429. The lowest BCUT2D eigenvalue weighted by molar-refractivity contribution is -0.136. The quantitative estimate of drug-likeness (QED) is 0.826. The van der Waals surface area contributed by atoms with Crippen molar-refractivity contribution in [1.29, 1.82) is 0 Å². The van der Waals surface area contributed by atoms with Gasteiger partial charge in [0.25, 0.3) is 0 Å². The number of nitrogens with zero attached hydrogens (tertiary/aromatic N) is 1. The zero-order chi connectivity index (χ0) is 14.3. The van der Waals surface area contributed by atoms with Crippen molar-refractivity contribution in [3.63, 3.8) is 0 Å². The van der Waals surface area contributed by atoms with Crippen molar-refractivity contribution in [1.82, 2.24) is 0 Å². The normalized spacial score (nSPS) is 10.2. The van der Waals surface area contributed by atoms with E-state index in [1.807, 2.05) is 6.92 Å². The summed E-state index contributed by atoms with van der Waals surface area (Å²) in [5.74, 6) is -1.77. The zero-order valence-electron chi connectivity index (χ0n) is 10.9. The van der Waals surface area contributed by atoms with Gasteiger partial charge in [0.1, 0.15) is 5.82 Å². The zero-order valence-corrected chi connectivity index (χ0v) is 10.9. The van der Waals surface area contributed by atoms with Crippen molar-refractivity contribution in [2.45, 2.75) is 32.6 Å². The summed E-state index contributed by atoms with van der Waals surface area (Å²) < 4.78 is 13.7. The van der Waals surface area contributed by atoms with Gasteiger partial charge in [-0.1, -0.05) is 25.5 Å². The molecule has 0 saturated carbocycles. The summed E-state index contributed by atoms with van der Waals surface area (Å²) in [6.45, 7) is 1.94. The number of aliphatic carboxylic acids is 1. The minimum absolute atomic E-state index is 0.0151. The van der Waals surface area contributed by atoms with E-state index in [-0.39, 0.29) is 24.6 Å². The molecular weight excluding hydrogens is 249 g/mol. The predicted molar refractivity (Wildman–Crippen MR) is 70.5 cm³/mol. The summed E-state index contributed by atoms with van der Waals surface area (Å²) in [5.41, 5.74) is 0.143. The number of rotatable bonds is 7. The van der Waals surface area contributed by atoms with E-state index in [0.717, 1.165) is 6.42 Å². The van der Waals surface area contributed by atoms with Crippen LogP contribution in [0.25, 0.3) is 0 Å². The Morgan fingerprint density at radius 3 is 2.53 bits per heavy atom. The highest BCUT2D eigenvalue weighted by Gasteiger charge is 2.19. The molecule has 0 aliphatic carbocycles. The lowest BCUT2D eigenvalue weighted by atomic mass is 10.2. The molecule has 0 spiro atoms. The van der Waals surface area contributed by atoms with Crippen LogP contribution < -0.4 is 4.90 Å². The molecule has 0 radical (unpaired) electrons. The van der Waals surface area contributed by atoms with Crippen molar-refractivity contribution >= 4 is 17.6 Å². The molecule has 1 aromatic rings. The molecule has 0 saturated heterocycles. The van der Waals surface area contributed by atoms with Gasteiger partial charge in [-0.2, -0.15) is 0 Å². The molecular formula is C14H18FNO3. The molecule has 0 heterocycles. The highest BCUT2D eigenvalue weighted by atomic mass is 19.1. The van der Waals surface area contributed by atoms with E-state index < -0.39 is 11.8 Å². The van der Waals surface area contributed by atoms with Crippen LogP contribution in [0.5, 0.6) is 0 Å². The van der Waals surface area contributed by atoms with Crippen LogP contribution in [-0.4, -0.2) is 23.5 Å². The summed E-state index contributed by atoms with van der Waals surface area (Å²) >= 11 is 0. The minimum atomic E-state index is -1.01. The minimum Gasteiger partial charge on any atom is -0.481 e. The van der Waals surface area contributed by atoms with Crippen molar-refractivity contribution in [2.75, 3.05) is 11.4 Å². The van der Waals surface area contributed by atoms with Gasteiger partial charge in [-0.25, -0.2) is 4.39 Å². The second-order valence-electron chi connectivity index (χ2n) is 4.24. The molecule has 0 aromatic heterocycles.